The molecular formula is C22H28O2. The van der Waals surface area contributed by atoms with E-state index in [-0.39, 0.29) is 0 Å². The highest BCUT2D eigenvalue weighted by atomic mass is 16.5. The molecule has 2 aromatic rings. The minimum atomic E-state index is 0.310. The van der Waals surface area contributed by atoms with Crippen LogP contribution in [0, 0.1) is 48.5 Å². The van der Waals surface area contributed by atoms with Gasteiger partial charge in [0.2, 0.25) is 0 Å². The molecule has 0 aliphatic carbocycles. The van der Waals surface area contributed by atoms with Crippen molar-refractivity contribution >= 4 is 12.2 Å². The number of phenols is 1. The van der Waals surface area contributed by atoms with Gasteiger partial charge in [-0.1, -0.05) is 18.2 Å². The third kappa shape index (κ3) is 2.93. The van der Waals surface area contributed by atoms with Gasteiger partial charge < -0.3 is 9.84 Å². The second-order valence-corrected chi connectivity index (χ2v) is 6.66. The van der Waals surface area contributed by atoms with E-state index in [1.807, 2.05) is 20.8 Å². The predicted octanol–water partition coefficient (Wildman–Crippen LogP) is 5.73. The molecule has 0 radical (unpaired) electrons. The van der Waals surface area contributed by atoms with Gasteiger partial charge in [-0.25, -0.2) is 0 Å². The molecule has 0 bridgehead atoms. The number of ether oxygens (including phenoxy) is 1. The van der Waals surface area contributed by atoms with Gasteiger partial charge in [-0.3, -0.25) is 0 Å². The molecule has 1 N–H and O–H groups in total. The lowest BCUT2D eigenvalue weighted by Crippen LogP contribution is -1.98. The van der Waals surface area contributed by atoms with E-state index in [2.05, 4.69) is 45.9 Å². The van der Waals surface area contributed by atoms with Crippen molar-refractivity contribution in [2.75, 3.05) is 7.11 Å². The molecule has 0 unspecified atom stereocenters. The quantitative estimate of drug-likeness (QED) is 0.731. The van der Waals surface area contributed by atoms with Crippen molar-refractivity contribution in [2.24, 2.45) is 0 Å². The van der Waals surface area contributed by atoms with Gasteiger partial charge in [0.25, 0.3) is 0 Å². The number of aromatic hydroxyl groups is 1. The van der Waals surface area contributed by atoms with Crippen LogP contribution in [0.15, 0.2) is 6.07 Å². The van der Waals surface area contributed by atoms with Crippen molar-refractivity contribution < 1.29 is 9.84 Å². The topological polar surface area (TPSA) is 29.5 Å². The van der Waals surface area contributed by atoms with Crippen LogP contribution >= 0.6 is 0 Å². The summed E-state index contributed by atoms with van der Waals surface area (Å²) in [5.41, 5.74) is 10.3. The number of rotatable bonds is 3. The molecule has 0 spiro atoms. The van der Waals surface area contributed by atoms with Crippen LogP contribution in [0.5, 0.6) is 11.5 Å². The van der Waals surface area contributed by atoms with Crippen LogP contribution in [0.4, 0.5) is 0 Å². The Morgan fingerprint density at radius 3 is 1.96 bits per heavy atom. The molecule has 2 rings (SSSR count). The smallest absolute Gasteiger partial charge is 0.128 e. The Hall–Kier alpha value is -2.22. The van der Waals surface area contributed by atoms with Gasteiger partial charge in [-0.2, -0.15) is 0 Å². The lowest BCUT2D eigenvalue weighted by Gasteiger charge is -2.17. The molecule has 0 saturated heterocycles. The fourth-order valence-corrected chi connectivity index (χ4v) is 3.35. The summed E-state index contributed by atoms with van der Waals surface area (Å²) < 4.78 is 5.49. The average Bonchev–Trinajstić information content (AvgIpc) is 2.55. The molecule has 2 heteroatoms. The normalized spacial score (nSPS) is 11.3. The van der Waals surface area contributed by atoms with Gasteiger partial charge in [0.15, 0.2) is 0 Å². The third-order valence-corrected chi connectivity index (χ3v) is 5.35. The lowest BCUT2D eigenvalue weighted by molar-refractivity contribution is 0.398. The van der Waals surface area contributed by atoms with E-state index in [1.165, 1.54) is 27.8 Å². The Bertz CT molecular complexity index is 827. The molecule has 2 aromatic carbocycles. The summed E-state index contributed by atoms with van der Waals surface area (Å²) in [5.74, 6) is 1.07. The molecule has 128 valence electrons. The summed E-state index contributed by atoms with van der Waals surface area (Å²) in [5, 5.41) is 10.4. The van der Waals surface area contributed by atoms with Crippen LogP contribution in [0.3, 0.4) is 0 Å². The van der Waals surface area contributed by atoms with Crippen LogP contribution in [0.25, 0.3) is 12.2 Å². The molecule has 2 nitrogen and oxygen atoms in total. The van der Waals surface area contributed by atoms with E-state index >= 15 is 0 Å². The lowest BCUT2D eigenvalue weighted by atomic mass is 9.92. The van der Waals surface area contributed by atoms with Gasteiger partial charge >= 0.3 is 0 Å². The molecule has 0 atom stereocenters. The number of phenolic OH excluding ortho intramolecular Hbond substituents is 1. The zero-order valence-corrected chi connectivity index (χ0v) is 16.1. The van der Waals surface area contributed by atoms with E-state index in [9.17, 15) is 5.11 Å². The highest BCUT2D eigenvalue weighted by Gasteiger charge is 2.15. The Balaban J connectivity index is 2.61. The van der Waals surface area contributed by atoms with Gasteiger partial charge in [-0.15, -0.1) is 0 Å². The number of aryl methyl sites for hydroxylation is 1. The molecule has 0 aromatic heterocycles. The summed E-state index contributed by atoms with van der Waals surface area (Å²) >= 11 is 0. The summed E-state index contributed by atoms with van der Waals surface area (Å²) in [6, 6.07) is 2.23. The standard InChI is InChI=1S/C22H28O2/c1-12-11-19(15(4)14(3)13(12)2)9-10-20-16(5)21(23)18(7)22(24-8)17(20)6/h9-11,23H,1-8H3/b10-9+. The zero-order chi connectivity index (χ0) is 18.2. The van der Waals surface area contributed by atoms with Crippen molar-refractivity contribution in [1.29, 1.82) is 0 Å². The zero-order valence-electron chi connectivity index (χ0n) is 16.1. The van der Waals surface area contributed by atoms with Gasteiger partial charge in [-0.05, 0) is 93.0 Å². The largest absolute Gasteiger partial charge is 0.507 e. The molecule has 0 aliphatic rings. The molecule has 0 fully saturated rings. The number of hydrogen-bond acceptors (Lipinski definition) is 2. The molecule has 0 saturated carbocycles. The maximum Gasteiger partial charge on any atom is 0.128 e. The van der Waals surface area contributed by atoms with Gasteiger partial charge in [0.05, 0.1) is 7.11 Å². The first-order valence-corrected chi connectivity index (χ1v) is 8.32. The predicted molar refractivity (Wildman–Crippen MR) is 103 cm³/mol. The second kappa shape index (κ2) is 6.72. The maximum absolute atomic E-state index is 10.4. The van der Waals surface area contributed by atoms with Gasteiger partial charge in [0, 0.05) is 5.56 Å². The highest BCUT2D eigenvalue weighted by molar-refractivity contribution is 5.78. The highest BCUT2D eigenvalue weighted by Crippen LogP contribution is 2.38. The SMILES string of the molecule is COc1c(C)c(O)c(C)c(/C=C/c2cc(C)c(C)c(C)c2C)c1C. The van der Waals surface area contributed by atoms with E-state index in [0.717, 1.165) is 28.0 Å². The van der Waals surface area contributed by atoms with Crippen LogP contribution in [-0.4, -0.2) is 12.2 Å². The fraction of sp³-hybridized carbons (Fsp3) is 0.364. The Kier molecular flexibility index (Phi) is 5.08. The van der Waals surface area contributed by atoms with E-state index in [1.54, 1.807) is 7.11 Å². The van der Waals surface area contributed by atoms with Crippen LogP contribution in [-0.2, 0) is 0 Å². The minimum Gasteiger partial charge on any atom is -0.507 e. The minimum absolute atomic E-state index is 0.310. The van der Waals surface area contributed by atoms with Crippen LogP contribution in [0.1, 0.15) is 50.1 Å². The average molecular weight is 324 g/mol. The van der Waals surface area contributed by atoms with E-state index in [0.29, 0.717) is 5.75 Å². The first kappa shape index (κ1) is 18.1. The number of hydrogen-bond donors (Lipinski definition) is 1. The van der Waals surface area contributed by atoms with E-state index < -0.39 is 0 Å². The number of methoxy groups -OCH3 is 1. The Morgan fingerprint density at radius 1 is 0.750 bits per heavy atom. The van der Waals surface area contributed by atoms with Crippen molar-refractivity contribution in [3.8, 4) is 11.5 Å². The first-order chi connectivity index (χ1) is 11.2. The molecule has 0 aliphatic heterocycles. The van der Waals surface area contributed by atoms with Gasteiger partial charge in [0.1, 0.15) is 11.5 Å². The third-order valence-electron chi connectivity index (χ3n) is 5.35. The number of benzene rings is 2. The van der Waals surface area contributed by atoms with Crippen LogP contribution in [0.2, 0.25) is 0 Å². The fourth-order valence-electron chi connectivity index (χ4n) is 3.35. The summed E-state index contributed by atoms with van der Waals surface area (Å²) in [4.78, 5) is 0. The molecule has 0 heterocycles. The van der Waals surface area contributed by atoms with Crippen molar-refractivity contribution in [3.63, 3.8) is 0 Å². The summed E-state index contributed by atoms with van der Waals surface area (Å²) in [6.07, 6.45) is 4.22. The summed E-state index contributed by atoms with van der Waals surface area (Å²) in [6.45, 7) is 14.5. The molecular weight excluding hydrogens is 296 g/mol. The Morgan fingerprint density at radius 2 is 1.38 bits per heavy atom. The monoisotopic (exact) mass is 324 g/mol. The van der Waals surface area contributed by atoms with E-state index in [4.69, 9.17) is 4.74 Å². The Labute approximate surface area is 145 Å². The van der Waals surface area contributed by atoms with Crippen molar-refractivity contribution in [3.05, 3.63) is 56.1 Å². The van der Waals surface area contributed by atoms with Crippen LogP contribution < -0.4 is 4.74 Å². The first-order valence-electron chi connectivity index (χ1n) is 8.32. The molecule has 24 heavy (non-hydrogen) atoms. The second-order valence-electron chi connectivity index (χ2n) is 6.66. The molecule has 0 amide bonds. The van der Waals surface area contributed by atoms with Crippen molar-refractivity contribution in [1.82, 2.24) is 0 Å². The summed E-state index contributed by atoms with van der Waals surface area (Å²) in [7, 11) is 1.65. The van der Waals surface area contributed by atoms with Crippen molar-refractivity contribution in [2.45, 2.75) is 48.5 Å². The maximum atomic E-state index is 10.4.